The predicted molar refractivity (Wildman–Crippen MR) is 148 cm³/mol. The SMILES string of the molecule is COc1ccc(CN(Cc2cc3cccc(C)c3nc2N2CCC[C@@H](O)C2)C(=O)Cn2ccc(C)n2)cc1. The monoisotopic (exact) mass is 513 g/mol. The van der Waals surface area contributed by atoms with Crippen LogP contribution in [0.4, 0.5) is 5.82 Å². The second-order valence-electron chi connectivity index (χ2n) is 10.1. The van der Waals surface area contributed by atoms with E-state index in [1.807, 2.05) is 54.4 Å². The Bertz CT molecular complexity index is 1420. The Balaban J connectivity index is 1.52. The maximum absolute atomic E-state index is 13.7. The molecule has 5 rings (SSSR count). The molecule has 1 N–H and O–H groups in total. The van der Waals surface area contributed by atoms with E-state index in [0.29, 0.717) is 19.6 Å². The van der Waals surface area contributed by atoms with Crippen molar-refractivity contribution in [1.29, 1.82) is 0 Å². The zero-order valence-corrected chi connectivity index (χ0v) is 22.3. The number of fused-ring (bicyclic) bond motifs is 1. The normalized spacial score (nSPS) is 15.6. The Labute approximate surface area is 223 Å². The van der Waals surface area contributed by atoms with Gasteiger partial charge in [-0.3, -0.25) is 9.48 Å². The summed E-state index contributed by atoms with van der Waals surface area (Å²) in [4.78, 5) is 22.8. The summed E-state index contributed by atoms with van der Waals surface area (Å²) in [5, 5.41) is 15.9. The lowest BCUT2D eigenvalue weighted by molar-refractivity contribution is -0.133. The van der Waals surface area contributed by atoms with Crippen molar-refractivity contribution >= 4 is 22.6 Å². The number of pyridine rings is 1. The second kappa shape index (κ2) is 11.2. The van der Waals surface area contributed by atoms with E-state index >= 15 is 0 Å². The Morgan fingerprint density at radius 3 is 2.66 bits per heavy atom. The Morgan fingerprint density at radius 1 is 1.13 bits per heavy atom. The molecule has 2 aromatic heterocycles. The smallest absolute Gasteiger partial charge is 0.244 e. The van der Waals surface area contributed by atoms with Crippen LogP contribution >= 0.6 is 0 Å². The zero-order chi connectivity index (χ0) is 26.6. The van der Waals surface area contributed by atoms with Gasteiger partial charge in [-0.2, -0.15) is 5.10 Å². The van der Waals surface area contributed by atoms with Gasteiger partial charge in [-0.15, -0.1) is 0 Å². The molecule has 8 heteroatoms. The third-order valence-corrected chi connectivity index (χ3v) is 7.12. The van der Waals surface area contributed by atoms with Crippen molar-refractivity contribution in [1.82, 2.24) is 19.7 Å². The highest BCUT2D eigenvalue weighted by atomic mass is 16.5. The van der Waals surface area contributed by atoms with E-state index in [1.54, 1.807) is 11.8 Å². The van der Waals surface area contributed by atoms with Crippen LogP contribution in [0.5, 0.6) is 5.75 Å². The van der Waals surface area contributed by atoms with Crippen molar-refractivity contribution in [2.75, 3.05) is 25.1 Å². The fourth-order valence-electron chi connectivity index (χ4n) is 5.10. The molecule has 1 amide bonds. The van der Waals surface area contributed by atoms with Gasteiger partial charge in [-0.1, -0.05) is 30.3 Å². The molecule has 198 valence electrons. The molecule has 1 fully saturated rings. The largest absolute Gasteiger partial charge is 0.497 e. The second-order valence-corrected chi connectivity index (χ2v) is 10.1. The molecule has 0 saturated carbocycles. The van der Waals surface area contributed by atoms with Crippen molar-refractivity contribution in [3.05, 3.63) is 83.2 Å². The molecule has 0 bridgehead atoms. The number of piperidine rings is 1. The molecule has 0 aliphatic carbocycles. The van der Waals surface area contributed by atoms with Gasteiger partial charge in [0.1, 0.15) is 18.1 Å². The summed E-state index contributed by atoms with van der Waals surface area (Å²) in [6.07, 6.45) is 3.15. The highest BCUT2D eigenvalue weighted by Gasteiger charge is 2.25. The zero-order valence-electron chi connectivity index (χ0n) is 22.3. The number of β-amino-alcohol motifs (C(OH)–C–C–N with tert-alkyl or cyclic N) is 1. The number of aliphatic hydroxyl groups is 1. The number of rotatable bonds is 8. The van der Waals surface area contributed by atoms with Gasteiger partial charge >= 0.3 is 0 Å². The van der Waals surface area contributed by atoms with Gasteiger partial charge in [-0.25, -0.2) is 4.98 Å². The third kappa shape index (κ3) is 5.81. The van der Waals surface area contributed by atoms with Gasteiger partial charge in [0.05, 0.1) is 24.4 Å². The number of methoxy groups -OCH3 is 1. The topological polar surface area (TPSA) is 83.7 Å². The summed E-state index contributed by atoms with van der Waals surface area (Å²) in [5.74, 6) is 1.59. The summed E-state index contributed by atoms with van der Waals surface area (Å²) in [6.45, 7) is 6.33. The molecular weight excluding hydrogens is 478 g/mol. The number of aliphatic hydroxyl groups excluding tert-OH is 1. The number of para-hydroxylation sites is 1. The number of hydrogen-bond donors (Lipinski definition) is 1. The first-order valence-corrected chi connectivity index (χ1v) is 13.1. The molecule has 1 atom stereocenters. The number of aromatic nitrogens is 3. The standard InChI is InChI=1S/C30H35N5O3/c1-21-6-4-7-24-16-25(30(31-29(21)24)33-14-5-8-26(36)19-33)18-34(17-23-9-11-27(38-3)12-10-23)28(37)20-35-15-13-22(2)32-35/h4,6-7,9-13,15-16,26,36H,5,8,14,17-20H2,1-3H3/t26-/m1/s1. The van der Waals surface area contributed by atoms with Crippen LogP contribution in [0.2, 0.25) is 0 Å². The summed E-state index contributed by atoms with van der Waals surface area (Å²) in [6, 6.07) is 18.0. The van der Waals surface area contributed by atoms with E-state index in [4.69, 9.17) is 9.72 Å². The summed E-state index contributed by atoms with van der Waals surface area (Å²) in [7, 11) is 1.64. The first kappa shape index (κ1) is 25.7. The number of carbonyl (C=O) groups excluding carboxylic acids is 1. The average Bonchev–Trinajstić information content (AvgIpc) is 3.32. The van der Waals surface area contributed by atoms with Crippen molar-refractivity contribution in [2.45, 2.75) is 52.4 Å². The van der Waals surface area contributed by atoms with Gasteiger partial charge in [-0.05, 0) is 62.1 Å². The van der Waals surface area contributed by atoms with Gasteiger partial charge in [0.2, 0.25) is 5.91 Å². The maximum Gasteiger partial charge on any atom is 0.244 e. The van der Waals surface area contributed by atoms with Gasteiger partial charge in [0, 0.05) is 43.3 Å². The molecule has 2 aromatic carbocycles. The van der Waals surface area contributed by atoms with Gasteiger partial charge in [0.15, 0.2) is 0 Å². The molecule has 3 heterocycles. The van der Waals surface area contributed by atoms with Crippen LogP contribution in [0.15, 0.2) is 60.8 Å². The molecule has 0 spiro atoms. The number of nitrogens with zero attached hydrogens (tertiary/aromatic N) is 5. The minimum atomic E-state index is -0.383. The van der Waals surface area contributed by atoms with Crippen molar-refractivity contribution < 1.29 is 14.6 Å². The van der Waals surface area contributed by atoms with E-state index < -0.39 is 0 Å². The molecule has 4 aromatic rings. The van der Waals surface area contributed by atoms with Crippen LogP contribution in [-0.2, 0) is 24.4 Å². The summed E-state index contributed by atoms with van der Waals surface area (Å²) >= 11 is 0. The number of amides is 1. The van der Waals surface area contributed by atoms with E-state index in [1.165, 1.54) is 0 Å². The number of aryl methyl sites for hydroxylation is 2. The summed E-state index contributed by atoms with van der Waals surface area (Å²) in [5.41, 5.74) is 4.91. The maximum atomic E-state index is 13.7. The molecule has 0 radical (unpaired) electrons. The lowest BCUT2D eigenvalue weighted by Crippen LogP contribution is -2.40. The van der Waals surface area contributed by atoms with Crippen molar-refractivity contribution in [3.63, 3.8) is 0 Å². The van der Waals surface area contributed by atoms with Gasteiger partial charge < -0.3 is 19.6 Å². The molecule has 0 unspecified atom stereocenters. The number of anilines is 1. The molecular formula is C30H35N5O3. The third-order valence-electron chi connectivity index (χ3n) is 7.12. The average molecular weight is 514 g/mol. The minimum Gasteiger partial charge on any atom is -0.497 e. The molecule has 38 heavy (non-hydrogen) atoms. The van der Waals surface area contributed by atoms with Crippen LogP contribution in [-0.4, -0.2) is 57.0 Å². The van der Waals surface area contributed by atoms with Crippen LogP contribution in [0.25, 0.3) is 10.9 Å². The van der Waals surface area contributed by atoms with E-state index in [-0.39, 0.29) is 18.6 Å². The number of hydrogen-bond acceptors (Lipinski definition) is 6. The molecule has 1 aliphatic heterocycles. The van der Waals surface area contributed by atoms with E-state index in [9.17, 15) is 9.90 Å². The fraction of sp³-hybridized carbons (Fsp3) is 0.367. The van der Waals surface area contributed by atoms with E-state index in [0.717, 1.165) is 64.2 Å². The molecule has 1 saturated heterocycles. The first-order valence-electron chi connectivity index (χ1n) is 13.1. The van der Waals surface area contributed by atoms with Crippen LogP contribution in [0.3, 0.4) is 0 Å². The number of carbonyl (C=O) groups is 1. The number of ether oxygens (including phenoxy) is 1. The number of benzene rings is 2. The van der Waals surface area contributed by atoms with Crippen LogP contribution < -0.4 is 9.64 Å². The highest BCUT2D eigenvalue weighted by Crippen LogP contribution is 2.29. The minimum absolute atomic E-state index is 0.0297. The van der Waals surface area contributed by atoms with Crippen molar-refractivity contribution in [3.8, 4) is 5.75 Å². The molecule has 1 aliphatic rings. The highest BCUT2D eigenvalue weighted by molar-refractivity contribution is 5.85. The fourth-order valence-corrected chi connectivity index (χ4v) is 5.10. The predicted octanol–water partition coefficient (Wildman–Crippen LogP) is 4.25. The quantitative estimate of drug-likeness (QED) is 0.379. The van der Waals surface area contributed by atoms with Crippen LogP contribution in [0, 0.1) is 13.8 Å². The summed E-state index contributed by atoms with van der Waals surface area (Å²) < 4.78 is 7.00. The lowest BCUT2D eigenvalue weighted by atomic mass is 10.0. The first-order chi connectivity index (χ1) is 18.4. The Kier molecular flexibility index (Phi) is 7.60. The van der Waals surface area contributed by atoms with Crippen LogP contribution in [0.1, 0.15) is 35.2 Å². The Morgan fingerprint density at radius 2 is 1.95 bits per heavy atom. The Hall–Kier alpha value is -3.91. The van der Waals surface area contributed by atoms with Crippen molar-refractivity contribution in [2.24, 2.45) is 0 Å². The van der Waals surface area contributed by atoms with E-state index in [2.05, 4.69) is 35.1 Å². The molecule has 8 nitrogen and oxygen atoms in total. The van der Waals surface area contributed by atoms with Gasteiger partial charge in [0.25, 0.3) is 0 Å². The lowest BCUT2D eigenvalue weighted by Gasteiger charge is -2.33.